The summed E-state index contributed by atoms with van der Waals surface area (Å²) in [5.74, 6) is 0. The van der Waals surface area contributed by atoms with Crippen molar-refractivity contribution >= 4 is 146 Å². The molecule has 600 valence electrons. The average Bonchev–Trinajstić information content (AvgIpc) is 0.751. The molecule has 4 rings (SSSR count). The Morgan fingerprint density at radius 2 is 0.296 bits per heavy atom. The van der Waals surface area contributed by atoms with Crippen LogP contribution >= 0.6 is 0 Å². The Labute approximate surface area is 962 Å². The van der Waals surface area contributed by atoms with Crippen LogP contribution in [0.5, 0.6) is 0 Å². The van der Waals surface area contributed by atoms with Gasteiger partial charge in [0.1, 0.15) is 73.2 Å². The summed E-state index contributed by atoms with van der Waals surface area (Å²) in [6.07, 6.45) is -80.0. The fraction of sp³-hybridized carbons (Fsp3) is 1.00. The van der Waals surface area contributed by atoms with Crippen LogP contribution in [0, 0.1) is 0 Å². The first kappa shape index (κ1) is 150. The first-order valence-corrected chi connectivity index (χ1v) is 41.8. The van der Waals surface area contributed by atoms with E-state index in [-0.39, 0.29) is 414 Å². The van der Waals surface area contributed by atoms with Crippen molar-refractivity contribution in [2.75, 3.05) is 26.4 Å². The normalized spacial score (nSPS) is 28.5. The molecule has 0 aromatic rings. The van der Waals surface area contributed by atoms with E-state index < -0.39 is 295 Å². The minimum Gasteiger partial charge on any atom is -0.726 e. The van der Waals surface area contributed by atoms with Gasteiger partial charge in [-0.05, 0) is 0 Å². The van der Waals surface area contributed by atoms with Crippen LogP contribution in [-0.2, 0) is 237 Å². The van der Waals surface area contributed by atoms with E-state index in [0.717, 1.165) is 0 Å². The molecule has 0 saturated carbocycles. The second-order valence-electron chi connectivity index (χ2n) is 18.0. The molecule has 0 aromatic heterocycles. The Kier molecular flexibility index (Phi) is 78.1. The molecule has 0 aromatic carbocycles. The molecule has 0 radical (unpaired) electrons. The molecule has 115 heavy (non-hydrogen) atoms. The van der Waals surface area contributed by atoms with Crippen molar-refractivity contribution in [3.63, 3.8) is 0 Å². The van der Waals surface area contributed by atoms with Gasteiger partial charge in [-0.2, -0.15) is 0 Å². The van der Waals surface area contributed by atoms with Crippen LogP contribution in [0.15, 0.2) is 0 Å². The maximum atomic E-state index is 12.7. The summed E-state index contributed by atoms with van der Waals surface area (Å²) in [7, 11) is -96.0. The molecule has 0 unspecified atom stereocenters. The van der Waals surface area contributed by atoms with Crippen LogP contribution in [0.4, 0.5) is 0 Å². The van der Waals surface area contributed by atoms with Gasteiger partial charge in [0, 0.05) is 0 Å². The van der Waals surface area contributed by atoms with Gasteiger partial charge in [-0.25, -0.2) is 122 Å². The molecule has 0 aliphatic carbocycles. The quantitative estimate of drug-likeness (QED) is 0.0315. The van der Waals surface area contributed by atoms with Gasteiger partial charge < -0.3 is 96.9 Å². The van der Waals surface area contributed by atoms with Gasteiger partial charge in [-0.15, -0.1) is 0 Å². The molecule has 4 saturated heterocycles. The fourth-order valence-corrected chi connectivity index (χ4v) is 14.3. The molecule has 4 aliphatic heterocycles. The minimum atomic E-state index is -7.28. The molecule has 20 atom stereocenters. The number of hydrogen-bond acceptors (Lipinski definition) is 63. The van der Waals surface area contributed by atoms with Gasteiger partial charge in [0.15, 0.2) is 43.3 Å². The summed E-state index contributed by atoms with van der Waals surface area (Å²) in [4.78, 5) is 0. The smallest absolute Gasteiger partial charge is 0.726 e. The minimum absolute atomic E-state index is 0. The van der Waals surface area contributed by atoms with Crippen LogP contribution in [0.3, 0.4) is 0 Å². The van der Waals surface area contributed by atoms with E-state index in [9.17, 15) is 182 Å². The van der Waals surface area contributed by atoms with Gasteiger partial charge in [-0.1, -0.05) is 0 Å². The zero-order chi connectivity index (χ0) is 78.2. The van der Waals surface area contributed by atoms with Gasteiger partial charge in [-0.3, -0.25) is 54.4 Å². The standard InChI is InChI=1S/C24H42O63S14.14Na/c25-88(26,27)67-1-5-9(78-92(37,38)39)13(17(83-97(52,53)54)22(72-5)77-15-11(80-94(43,44)45)7(3-69-90(31,32)33)74-24(87-101(64,65)66)19(15)85-99(58,59)60)75-21-18(84-98(55,56)57)14(10(79-93(40,41)42)6(71-21)2-68-89(28,29)30)76-23-20(86-100(61,62)63)16(82-96(49,50)51)12(81-95(46,47)48)8(73-23)4-70-91(34,35)36;;;;;;;;;;;;;;/h5-24H,1-4H2,(H,25,26,27)(H,28,29,30)(H,31,32,33)(H,34,35,36)(H,37,38,39)(H,40,41,42)(H,43,44,45)(H,46,47,48)(H,49,50,51)(H,52,53,54)(H,55,56,57)(H,58,59,60)(H,61,62,63)(H,64,65,66);;;;;;;;;;;;;;/q;14*+1/p-14/t5-,6-,7-,8-,9-,10-,11-,12-,13+,14+,15+,16+,17-,18-,19-,20-,21-,22-,23-,24+;;;;;;;;;;;;;;/m1............../s1. The van der Waals surface area contributed by atoms with Crippen molar-refractivity contribution < 1.29 is 687 Å². The predicted octanol–water partition coefficient (Wildman–Crippen LogP) is -58.9. The maximum Gasteiger partial charge on any atom is 1.00 e. The molecular weight excluding hydrogens is 2070 g/mol. The molecule has 0 amide bonds. The third-order valence-corrected chi connectivity index (χ3v) is 17.3. The van der Waals surface area contributed by atoms with Crippen LogP contribution in [0.1, 0.15) is 0 Å². The predicted molar refractivity (Wildman–Crippen MR) is 254 cm³/mol. The topological polar surface area (TPSA) is 995 Å². The van der Waals surface area contributed by atoms with Crippen molar-refractivity contribution in [1.82, 2.24) is 0 Å². The molecule has 63 nitrogen and oxygen atoms in total. The van der Waals surface area contributed by atoms with Gasteiger partial charge >= 0.3 is 414 Å². The van der Waals surface area contributed by atoms with E-state index in [2.05, 4.69) is 63.3 Å². The van der Waals surface area contributed by atoms with E-state index in [1.807, 2.05) is 0 Å². The molecular formula is C24H28Na14O63S14. The number of ether oxygens (including phenoxy) is 7. The van der Waals surface area contributed by atoms with Crippen molar-refractivity contribution in [1.29, 1.82) is 0 Å². The van der Waals surface area contributed by atoms with Gasteiger partial charge in [0.2, 0.25) is 152 Å². The Morgan fingerprint density at radius 3 is 0.461 bits per heavy atom. The first-order chi connectivity index (χ1) is 44.7. The Bertz CT molecular complexity index is 4670. The summed E-state index contributed by atoms with van der Waals surface area (Å²) in [5, 5.41) is 0. The zero-order valence-electron chi connectivity index (χ0n) is 59.8. The summed E-state index contributed by atoms with van der Waals surface area (Å²) in [6, 6.07) is 0. The molecule has 4 heterocycles. The third kappa shape index (κ3) is 61.1. The average molecular weight is 2100 g/mol. The summed E-state index contributed by atoms with van der Waals surface area (Å²) >= 11 is 0. The molecule has 4 aliphatic rings. The molecule has 4 fully saturated rings. The van der Waals surface area contributed by atoms with Crippen LogP contribution in [0.25, 0.3) is 0 Å². The second kappa shape index (κ2) is 60.0. The van der Waals surface area contributed by atoms with Crippen molar-refractivity contribution in [2.24, 2.45) is 0 Å². The second-order valence-corrected chi connectivity index (χ2v) is 32.3. The number of rotatable bonds is 38. The van der Waals surface area contributed by atoms with Crippen molar-refractivity contribution in [3.8, 4) is 0 Å². The summed E-state index contributed by atoms with van der Waals surface area (Å²) in [6.45, 7) is -10.1. The van der Waals surface area contributed by atoms with Crippen LogP contribution in [-0.4, -0.2) is 331 Å². The Hall–Kier alpha value is 11.9. The van der Waals surface area contributed by atoms with Crippen LogP contribution in [0.2, 0.25) is 0 Å². The summed E-state index contributed by atoms with van der Waals surface area (Å²) in [5.41, 5.74) is 0. The van der Waals surface area contributed by atoms with Crippen molar-refractivity contribution in [3.05, 3.63) is 0 Å². The largest absolute Gasteiger partial charge is 1.00 e. The Balaban J connectivity index is -0.000000858. The van der Waals surface area contributed by atoms with Gasteiger partial charge in [0.25, 0.3) is 0 Å². The molecule has 91 heteroatoms. The van der Waals surface area contributed by atoms with E-state index in [0.29, 0.717) is 0 Å². The molecule has 0 N–H and O–H groups in total. The van der Waals surface area contributed by atoms with Crippen LogP contribution < -0.4 is 414 Å². The summed E-state index contributed by atoms with van der Waals surface area (Å²) < 4.78 is 599. The van der Waals surface area contributed by atoms with E-state index >= 15 is 0 Å². The van der Waals surface area contributed by atoms with E-state index in [1.165, 1.54) is 0 Å². The molecule has 0 spiro atoms. The maximum absolute atomic E-state index is 12.7. The Morgan fingerprint density at radius 1 is 0.165 bits per heavy atom. The zero-order valence-corrected chi connectivity index (χ0v) is 99.2. The van der Waals surface area contributed by atoms with Gasteiger partial charge in [0.05, 0.1) is 26.4 Å². The SMILES string of the molecule is O=S(=O)([O-])OC[C@H]1O[C@H](O[C@@H]2[C@@H](OS(=O)(=O)[O-])[C@H](OS(=O)(=O)[O-])O[C@H](COS(=O)(=O)[O-])[C@H]2OS(=O)(=O)[O-])[C@H](OS(=O)(=O)[O-])[C@@H](O[C@H]2O[C@H](COS(=O)(=O)[O-])[C@@H](OS(=O)(=O)[O-])[C@H](O[C@H]3O[C@H](COS(=O)(=O)[O-])[C@@H](OS(=O)(=O)[O-])[C@H](OS(=O)(=O)[O-])[C@H]3OS(=O)(=O)[O-])[C@H]2OS(=O)(=O)[O-])[C@@H]1OS(=O)(=O)[O-].[Na+].[Na+].[Na+].[Na+].[Na+].[Na+].[Na+].[Na+].[Na+].[Na+].[Na+].[Na+].[Na+].[Na+]. The molecule has 0 bridgehead atoms. The number of hydrogen-bond donors (Lipinski definition) is 0. The third-order valence-electron chi connectivity index (χ3n) is 11.0. The van der Waals surface area contributed by atoms with E-state index in [1.54, 1.807) is 0 Å². The monoisotopic (exact) mass is 2090 g/mol. The first-order valence-electron chi connectivity index (χ1n) is 23.1. The van der Waals surface area contributed by atoms with E-state index in [4.69, 9.17) is 28.4 Å². The van der Waals surface area contributed by atoms with Crippen molar-refractivity contribution in [2.45, 2.75) is 123 Å². The fourth-order valence-electron chi connectivity index (χ4n) is 8.31.